The molecule has 0 heterocycles. The van der Waals surface area contributed by atoms with E-state index in [4.69, 9.17) is 0 Å². The van der Waals surface area contributed by atoms with Crippen LogP contribution in [0, 0.1) is 5.92 Å². The third kappa shape index (κ3) is 16.0. The van der Waals surface area contributed by atoms with Crippen molar-refractivity contribution in [3.63, 3.8) is 0 Å². The Hall–Kier alpha value is -2.46. The number of nitrogens with one attached hydrogen (secondary N) is 3. The summed E-state index contributed by atoms with van der Waals surface area (Å²) in [7, 11) is 0. The molecule has 3 rings (SSSR count). The van der Waals surface area contributed by atoms with Gasteiger partial charge in [-0.15, -0.1) is 0 Å². The zero-order chi connectivity index (χ0) is 27.8. The third-order valence-electron chi connectivity index (χ3n) is 7.82. The Bertz CT molecular complexity index is 893. The monoisotopic (exact) mass is 541 g/mol. The van der Waals surface area contributed by atoms with Gasteiger partial charge in [-0.1, -0.05) is 97.4 Å². The van der Waals surface area contributed by atoms with Gasteiger partial charge >= 0.3 is 0 Å². The molecule has 3 aromatic rings. The average Bonchev–Trinajstić information content (AvgIpc) is 3.00. The summed E-state index contributed by atoms with van der Waals surface area (Å²) in [5, 5.41) is 11.2. The van der Waals surface area contributed by atoms with Gasteiger partial charge in [-0.05, 0) is 133 Å². The molecule has 40 heavy (non-hydrogen) atoms. The number of unbranched alkanes of at least 4 members (excludes halogenated alkanes) is 4. The average molecular weight is 542 g/mol. The molecule has 0 aromatic heterocycles. The van der Waals surface area contributed by atoms with E-state index in [1.54, 1.807) is 0 Å². The van der Waals surface area contributed by atoms with Gasteiger partial charge in [-0.25, -0.2) is 0 Å². The fraction of sp³-hybridized carbons (Fsp3) is 0.514. The van der Waals surface area contributed by atoms with Crippen LogP contribution in [-0.4, -0.2) is 39.3 Å². The van der Waals surface area contributed by atoms with Gasteiger partial charge < -0.3 is 16.0 Å². The van der Waals surface area contributed by atoms with Crippen molar-refractivity contribution in [3.05, 3.63) is 108 Å². The highest BCUT2D eigenvalue weighted by Gasteiger charge is 2.08. The van der Waals surface area contributed by atoms with Crippen LogP contribution >= 0.6 is 0 Å². The molecule has 0 saturated carbocycles. The van der Waals surface area contributed by atoms with Gasteiger partial charge in [0.1, 0.15) is 0 Å². The SMILES string of the molecule is c1ccc(CCCCNCCCCC(CNCCCCc2ccccc2)CNCCCCc2ccccc2)cc1. The fourth-order valence-electron chi connectivity index (χ4n) is 5.37. The maximum Gasteiger partial charge on any atom is -0.000838 e. The molecule has 0 amide bonds. The van der Waals surface area contributed by atoms with E-state index in [2.05, 4.69) is 107 Å². The molecule has 218 valence electrons. The van der Waals surface area contributed by atoms with Crippen molar-refractivity contribution in [3.8, 4) is 0 Å². The normalized spacial score (nSPS) is 11.3. The molecule has 3 nitrogen and oxygen atoms in total. The van der Waals surface area contributed by atoms with E-state index in [-0.39, 0.29) is 0 Å². The van der Waals surface area contributed by atoms with Crippen LogP contribution in [-0.2, 0) is 19.3 Å². The summed E-state index contributed by atoms with van der Waals surface area (Å²) in [5.41, 5.74) is 4.38. The lowest BCUT2D eigenvalue weighted by Crippen LogP contribution is -2.32. The van der Waals surface area contributed by atoms with Crippen molar-refractivity contribution in [2.45, 2.75) is 77.0 Å². The highest BCUT2D eigenvalue weighted by atomic mass is 14.9. The van der Waals surface area contributed by atoms with Gasteiger partial charge in [-0.2, -0.15) is 0 Å². The van der Waals surface area contributed by atoms with Crippen LogP contribution in [0.3, 0.4) is 0 Å². The van der Waals surface area contributed by atoms with E-state index in [9.17, 15) is 0 Å². The minimum Gasteiger partial charge on any atom is -0.317 e. The van der Waals surface area contributed by atoms with Crippen molar-refractivity contribution in [2.75, 3.05) is 39.3 Å². The van der Waals surface area contributed by atoms with E-state index in [0.29, 0.717) is 5.92 Å². The number of hydrogen-bond acceptors (Lipinski definition) is 3. The first-order valence-corrected chi connectivity index (χ1v) is 16.1. The lowest BCUT2D eigenvalue weighted by Gasteiger charge is -2.19. The number of hydrogen-bond donors (Lipinski definition) is 3. The molecule has 0 unspecified atom stereocenters. The van der Waals surface area contributed by atoms with Crippen molar-refractivity contribution in [1.82, 2.24) is 16.0 Å². The van der Waals surface area contributed by atoms with Gasteiger partial charge in [0.25, 0.3) is 0 Å². The number of rotatable bonds is 24. The quantitative estimate of drug-likeness (QED) is 0.102. The minimum absolute atomic E-state index is 0.717. The van der Waals surface area contributed by atoms with E-state index < -0.39 is 0 Å². The minimum atomic E-state index is 0.717. The summed E-state index contributed by atoms with van der Waals surface area (Å²) in [5.74, 6) is 0.717. The lowest BCUT2D eigenvalue weighted by atomic mass is 10.0. The van der Waals surface area contributed by atoms with Crippen LogP contribution in [0.4, 0.5) is 0 Å². The second-order valence-electron chi connectivity index (χ2n) is 11.3. The van der Waals surface area contributed by atoms with Gasteiger partial charge in [0, 0.05) is 0 Å². The first kappa shape index (κ1) is 32.1. The predicted molar refractivity (Wildman–Crippen MR) is 174 cm³/mol. The van der Waals surface area contributed by atoms with E-state index in [1.165, 1.54) is 93.7 Å². The summed E-state index contributed by atoms with van der Waals surface area (Å²) < 4.78 is 0. The first-order chi connectivity index (χ1) is 19.9. The highest BCUT2D eigenvalue weighted by molar-refractivity contribution is 5.16. The van der Waals surface area contributed by atoms with Crippen molar-refractivity contribution in [1.29, 1.82) is 0 Å². The summed E-state index contributed by atoms with van der Waals surface area (Å²) >= 11 is 0. The molecule has 0 radical (unpaired) electrons. The molecule has 0 aliphatic heterocycles. The third-order valence-corrected chi connectivity index (χ3v) is 7.82. The first-order valence-electron chi connectivity index (χ1n) is 16.1. The molecule has 3 heteroatoms. The van der Waals surface area contributed by atoms with E-state index in [0.717, 1.165) is 39.3 Å². The van der Waals surface area contributed by atoms with Crippen LogP contribution in [0.1, 0.15) is 74.5 Å². The smallest absolute Gasteiger partial charge is 0.000838 e. The summed E-state index contributed by atoms with van der Waals surface area (Å²) in [4.78, 5) is 0. The van der Waals surface area contributed by atoms with Crippen LogP contribution < -0.4 is 16.0 Å². The molecule has 3 aromatic carbocycles. The van der Waals surface area contributed by atoms with Crippen molar-refractivity contribution >= 4 is 0 Å². The largest absolute Gasteiger partial charge is 0.317 e. The molecule has 3 N–H and O–H groups in total. The Morgan fingerprint density at radius 3 is 1.12 bits per heavy atom. The Morgan fingerprint density at radius 2 is 0.725 bits per heavy atom. The van der Waals surface area contributed by atoms with Crippen LogP contribution in [0.5, 0.6) is 0 Å². The zero-order valence-corrected chi connectivity index (χ0v) is 25.0. The Balaban J connectivity index is 1.22. The molecule has 0 fully saturated rings. The molecule has 0 saturated heterocycles. The maximum absolute atomic E-state index is 3.78. The summed E-state index contributed by atoms with van der Waals surface area (Å²) in [6.45, 7) is 6.82. The van der Waals surface area contributed by atoms with Crippen molar-refractivity contribution < 1.29 is 0 Å². The number of benzene rings is 3. The summed E-state index contributed by atoms with van der Waals surface area (Å²) in [6.07, 6.45) is 15.0. The molecule has 0 aliphatic carbocycles. The second kappa shape index (κ2) is 22.3. The molecular formula is C37H55N3. The molecule has 0 spiro atoms. The Morgan fingerprint density at radius 1 is 0.375 bits per heavy atom. The summed E-state index contributed by atoms with van der Waals surface area (Å²) in [6, 6.07) is 32.6. The number of aryl methyl sites for hydroxylation is 3. The Labute approximate surface area is 245 Å². The van der Waals surface area contributed by atoms with Crippen molar-refractivity contribution in [2.24, 2.45) is 5.92 Å². The molecule has 0 atom stereocenters. The van der Waals surface area contributed by atoms with Gasteiger partial charge in [0.05, 0.1) is 0 Å². The van der Waals surface area contributed by atoms with E-state index >= 15 is 0 Å². The molecule has 0 aliphatic rings. The van der Waals surface area contributed by atoms with Crippen LogP contribution in [0.15, 0.2) is 91.0 Å². The van der Waals surface area contributed by atoms with Gasteiger partial charge in [0.15, 0.2) is 0 Å². The van der Waals surface area contributed by atoms with E-state index in [1.807, 2.05) is 0 Å². The second-order valence-corrected chi connectivity index (χ2v) is 11.3. The Kier molecular flexibility index (Phi) is 17.8. The van der Waals surface area contributed by atoms with Gasteiger partial charge in [0.2, 0.25) is 0 Å². The zero-order valence-electron chi connectivity index (χ0n) is 25.0. The fourth-order valence-corrected chi connectivity index (χ4v) is 5.37. The van der Waals surface area contributed by atoms with Gasteiger partial charge in [-0.3, -0.25) is 0 Å². The standard InChI is InChI=1S/C37H55N3/c1-4-18-34(19-5-1)24-10-14-28-38-29-15-13-27-37(32-39-30-16-11-25-35-20-6-2-7-21-35)33-40-31-17-12-26-36-22-8-3-9-23-36/h1-9,18-23,37-40H,10-17,24-33H2. The van der Waals surface area contributed by atoms with Crippen LogP contribution in [0.2, 0.25) is 0 Å². The molecule has 0 bridgehead atoms. The maximum atomic E-state index is 3.78. The highest BCUT2D eigenvalue weighted by Crippen LogP contribution is 2.09. The predicted octanol–water partition coefficient (Wildman–Crippen LogP) is 7.61. The van der Waals surface area contributed by atoms with Crippen LogP contribution in [0.25, 0.3) is 0 Å². The molecular weight excluding hydrogens is 486 g/mol. The topological polar surface area (TPSA) is 36.1 Å². The lowest BCUT2D eigenvalue weighted by molar-refractivity contribution is 0.396.